The maximum Gasteiger partial charge on any atom is 0.311 e. The molecule has 0 amide bonds. The molecule has 0 saturated carbocycles. The van der Waals surface area contributed by atoms with Crippen LogP contribution >= 0.6 is 0 Å². The molecule has 9 heteroatoms. The molecule has 0 spiro atoms. The highest BCUT2D eigenvalue weighted by Crippen LogP contribution is 2.33. The van der Waals surface area contributed by atoms with Crippen molar-refractivity contribution in [2.24, 2.45) is 4.40 Å². The van der Waals surface area contributed by atoms with Crippen LogP contribution in [-0.4, -0.2) is 33.8 Å². The Labute approximate surface area is 144 Å². The van der Waals surface area contributed by atoms with Crippen LogP contribution in [0.3, 0.4) is 0 Å². The number of benzene rings is 2. The first kappa shape index (κ1) is 18.4. The molecule has 2 aromatic rings. The Hall–Kier alpha value is -2.94. The summed E-state index contributed by atoms with van der Waals surface area (Å²) in [6, 6.07) is 8.64. The molecular weight excluding hydrogens is 348 g/mol. The summed E-state index contributed by atoms with van der Waals surface area (Å²) in [5.41, 5.74) is 0.735. The Morgan fingerprint density at radius 1 is 1.08 bits per heavy atom. The van der Waals surface area contributed by atoms with Gasteiger partial charge in [0.25, 0.3) is 10.0 Å². The van der Waals surface area contributed by atoms with E-state index in [2.05, 4.69) is 4.40 Å². The van der Waals surface area contributed by atoms with E-state index >= 15 is 0 Å². The van der Waals surface area contributed by atoms with Crippen molar-refractivity contribution in [1.29, 1.82) is 0 Å². The van der Waals surface area contributed by atoms with Gasteiger partial charge < -0.3 is 9.47 Å². The van der Waals surface area contributed by atoms with Crippen LogP contribution in [-0.2, 0) is 10.0 Å². The Kier molecular flexibility index (Phi) is 5.38. The van der Waals surface area contributed by atoms with Gasteiger partial charge in [0, 0.05) is 17.7 Å². The zero-order valence-corrected chi connectivity index (χ0v) is 14.6. The standard InChI is InChI=1S/C16H16N2O6S/c1-11-4-6-13(7-5-11)25(21,22)17-10-12-8-14(18(19)20)16(24-3)9-15(12)23-2/h4-10H,1-3H3/b17-10-. The topological polar surface area (TPSA) is 108 Å². The van der Waals surface area contributed by atoms with Gasteiger partial charge in [0.05, 0.1) is 30.3 Å². The summed E-state index contributed by atoms with van der Waals surface area (Å²) in [4.78, 5) is 10.5. The van der Waals surface area contributed by atoms with E-state index in [0.717, 1.165) is 17.8 Å². The number of nitro benzene ring substituents is 1. The SMILES string of the molecule is COc1cc(OC)c([N+](=O)[O-])cc1/C=N\S(=O)(=O)c1ccc(C)cc1. The van der Waals surface area contributed by atoms with Crippen molar-refractivity contribution >= 4 is 21.9 Å². The van der Waals surface area contributed by atoms with Crippen LogP contribution in [0.25, 0.3) is 0 Å². The lowest BCUT2D eigenvalue weighted by Gasteiger charge is -2.08. The number of hydrogen-bond donors (Lipinski definition) is 0. The van der Waals surface area contributed by atoms with Crippen molar-refractivity contribution in [3.05, 3.63) is 57.6 Å². The van der Waals surface area contributed by atoms with E-state index in [0.29, 0.717) is 0 Å². The molecule has 0 saturated heterocycles. The minimum atomic E-state index is -3.94. The highest BCUT2D eigenvalue weighted by atomic mass is 32.2. The summed E-state index contributed by atoms with van der Waals surface area (Å²) in [6.07, 6.45) is 1.01. The van der Waals surface area contributed by atoms with Crippen LogP contribution in [0, 0.1) is 17.0 Å². The van der Waals surface area contributed by atoms with Crippen LogP contribution in [0.15, 0.2) is 45.7 Å². The van der Waals surface area contributed by atoms with Crippen molar-refractivity contribution in [3.8, 4) is 11.5 Å². The van der Waals surface area contributed by atoms with Crippen LogP contribution in [0.5, 0.6) is 11.5 Å². The van der Waals surface area contributed by atoms with E-state index < -0.39 is 14.9 Å². The van der Waals surface area contributed by atoms with Gasteiger partial charge in [-0.05, 0) is 19.1 Å². The lowest BCUT2D eigenvalue weighted by molar-refractivity contribution is -0.385. The second-order valence-electron chi connectivity index (χ2n) is 5.05. The van der Waals surface area contributed by atoms with E-state index in [1.807, 2.05) is 6.92 Å². The minimum Gasteiger partial charge on any atom is -0.496 e. The van der Waals surface area contributed by atoms with Gasteiger partial charge >= 0.3 is 5.69 Å². The van der Waals surface area contributed by atoms with Gasteiger partial charge in [0.1, 0.15) is 5.75 Å². The molecule has 0 atom stereocenters. The van der Waals surface area contributed by atoms with Gasteiger partial charge in [-0.3, -0.25) is 10.1 Å². The number of nitro groups is 1. The van der Waals surface area contributed by atoms with Gasteiger partial charge in [-0.15, -0.1) is 0 Å². The van der Waals surface area contributed by atoms with E-state index in [1.54, 1.807) is 12.1 Å². The second kappa shape index (κ2) is 7.31. The average molecular weight is 364 g/mol. The number of rotatable bonds is 6. The van der Waals surface area contributed by atoms with E-state index in [-0.39, 0.29) is 27.6 Å². The quantitative estimate of drug-likeness (QED) is 0.443. The van der Waals surface area contributed by atoms with Crippen LogP contribution in [0.4, 0.5) is 5.69 Å². The predicted molar refractivity (Wildman–Crippen MR) is 92.2 cm³/mol. The third-order valence-corrected chi connectivity index (χ3v) is 4.63. The molecule has 2 rings (SSSR count). The molecule has 25 heavy (non-hydrogen) atoms. The molecule has 0 aliphatic rings. The molecular formula is C16H16N2O6S. The van der Waals surface area contributed by atoms with Crippen molar-refractivity contribution in [1.82, 2.24) is 0 Å². The number of nitrogens with zero attached hydrogens (tertiary/aromatic N) is 2. The first-order valence-corrected chi connectivity index (χ1v) is 8.50. The summed E-state index contributed by atoms with van der Waals surface area (Å²) >= 11 is 0. The monoisotopic (exact) mass is 364 g/mol. The van der Waals surface area contributed by atoms with E-state index in [1.165, 1.54) is 32.4 Å². The fourth-order valence-corrected chi connectivity index (χ4v) is 2.90. The smallest absolute Gasteiger partial charge is 0.311 e. The molecule has 0 radical (unpaired) electrons. The molecule has 0 aliphatic carbocycles. The largest absolute Gasteiger partial charge is 0.496 e. The highest BCUT2D eigenvalue weighted by Gasteiger charge is 2.19. The summed E-state index contributed by atoms with van der Waals surface area (Å²) in [5, 5.41) is 11.1. The fourth-order valence-electron chi connectivity index (χ4n) is 2.05. The maximum absolute atomic E-state index is 12.3. The molecule has 0 N–H and O–H groups in total. The molecule has 0 heterocycles. The van der Waals surface area contributed by atoms with Crippen molar-refractivity contribution in [2.45, 2.75) is 11.8 Å². The van der Waals surface area contributed by atoms with Crippen molar-refractivity contribution in [2.75, 3.05) is 14.2 Å². The number of hydrogen-bond acceptors (Lipinski definition) is 6. The van der Waals surface area contributed by atoms with Crippen LogP contribution < -0.4 is 9.47 Å². The summed E-state index contributed by atoms with van der Waals surface area (Å²) in [6.45, 7) is 1.83. The molecule has 0 unspecified atom stereocenters. The van der Waals surface area contributed by atoms with Gasteiger partial charge in [-0.25, -0.2) is 0 Å². The molecule has 0 aliphatic heterocycles. The molecule has 0 fully saturated rings. The molecule has 0 bridgehead atoms. The fraction of sp³-hybridized carbons (Fsp3) is 0.188. The molecule has 132 valence electrons. The van der Waals surface area contributed by atoms with Crippen molar-refractivity contribution in [3.63, 3.8) is 0 Å². The number of sulfonamides is 1. The van der Waals surface area contributed by atoms with Crippen LogP contribution in [0.2, 0.25) is 0 Å². The second-order valence-corrected chi connectivity index (χ2v) is 6.68. The zero-order valence-electron chi connectivity index (χ0n) is 13.8. The number of methoxy groups -OCH3 is 2. The normalized spacial score (nSPS) is 11.5. The summed E-state index contributed by atoms with van der Waals surface area (Å²) < 4.78 is 38.2. The third kappa shape index (κ3) is 4.13. The lowest BCUT2D eigenvalue weighted by atomic mass is 10.2. The summed E-state index contributed by atoms with van der Waals surface area (Å²) in [5.74, 6) is 0.200. The first-order valence-electron chi connectivity index (χ1n) is 7.06. The van der Waals surface area contributed by atoms with Crippen LogP contribution in [0.1, 0.15) is 11.1 Å². The molecule has 0 aromatic heterocycles. The summed E-state index contributed by atoms with van der Waals surface area (Å²) in [7, 11) is -1.29. The van der Waals surface area contributed by atoms with Crippen molar-refractivity contribution < 1.29 is 22.8 Å². The Bertz CT molecular complexity index is 920. The third-order valence-electron chi connectivity index (χ3n) is 3.38. The van der Waals surface area contributed by atoms with Gasteiger partial charge in [-0.1, -0.05) is 17.7 Å². The average Bonchev–Trinajstić information content (AvgIpc) is 2.59. The number of aryl methyl sites for hydroxylation is 1. The lowest BCUT2D eigenvalue weighted by Crippen LogP contribution is -2.01. The maximum atomic E-state index is 12.3. The molecule has 8 nitrogen and oxygen atoms in total. The van der Waals surface area contributed by atoms with E-state index in [4.69, 9.17) is 9.47 Å². The van der Waals surface area contributed by atoms with E-state index in [9.17, 15) is 18.5 Å². The number of ether oxygens (including phenoxy) is 2. The molecule has 2 aromatic carbocycles. The Morgan fingerprint density at radius 3 is 2.20 bits per heavy atom. The van der Waals surface area contributed by atoms with Gasteiger partial charge in [0.2, 0.25) is 5.75 Å². The van der Waals surface area contributed by atoms with Gasteiger partial charge in [0.15, 0.2) is 0 Å². The highest BCUT2D eigenvalue weighted by molar-refractivity contribution is 7.90. The Morgan fingerprint density at radius 2 is 1.68 bits per heavy atom. The van der Waals surface area contributed by atoms with Gasteiger partial charge in [-0.2, -0.15) is 12.8 Å². The Balaban J connectivity index is 2.47. The first-order chi connectivity index (χ1) is 11.8. The zero-order chi connectivity index (χ0) is 18.6. The minimum absolute atomic E-state index is 0.000363. The predicted octanol–water partition coefficient (Wildman–Crippen LogP) is 2.73.